The molecule has 1 aromatic carbocycles. The van der Waals surface area contributed by atoms with Crippen LogP contribution in [-0.4, -0.2) is 50.1 Å². The number of ether oxygens (including phenoxy) is 3. The normalized spacial score (nSPS) is 19.4. The van der Waals surface area contributed by atoms with Gasteiger partial charge in [-0.1, -0.05) is 12.8 Å². The molecule has 0 atom stereocenters. The molecule has 0 spiro atoms. The van der Waals surface area contributed by atoms with E-state index < -0.39 is 17.8 Å². The van der Waals surface area contributed by atoms with Crippen molar-refractivity contribution < 1.29 is 28.6 Å². The molecule has 1 saturated heterocycles. The van der Waals surface area contributed by atoms with Gasteiger partial charge in [0, 0.05) is 18.2 Å². The Morgan fingerprint density at radius 3 is 2.11 bits per heavy atom. The first-order valence-electron chi connectivity index (χ1n) is 8.70. The topological polar surface area (TPSA) is 94.2 Å². The quantitative estimate of drug-likeness (QED) is 0.627. The van der Waals surface area contributed by atoms with Gasteiger partial charge in [-0.15, -0.1) is 0 Å². The highest BCUT2D eigenvalue weighted by Gasteiger charge is 2.40. The van der Waals surface area contributed by atoms with Crippen molar-refractivity contribution in [2.75, 3.05) is 21.3 Å². The minimum atomic E-state index is -0.737. The number of carbonyl (C=O) groups excluding carboxylic acids is 3. The minimum Gasteiger partial charge on any atom is -0.496 e. The average Bonchev–Trinajstić information content (AvgIpc) is 3.18. The van der Waals surface area contributed by atoms with Crippen molar-refractivity contribution >= 4 is 23.9 Å². The fourth-order valence-corrected chi connectivity index (χ4v) is 3.48. The second-order valence-corrected chi connectivity index (χ2v) is 6.38. The number of imide groups is 2. The highest BCUT2D eigenvalue weighted by Crippen LogP contribution is 2.36. The lowest BCUT2D eigenvalue weighted by atomic mass is 10.0. The summed E-state index contributed by atoms with van der Waals surface area (Å²) in [6, 6.07) is 2.40. The van der Waals surface area contributed by atoms with Crippen molar-refractivity contribution in [2.45, 2.75) is 31.7 Å². The zero-order valence-electron chi connectivity index (χ0n) is 15.5. The molecule has 0 unspecified atom stereocenters. The fourth-order valence-electron chi connectivity index (χ4n) is 3.48. The number of hydrogen-bond donors (Lipinski definition) is 1. The van der Waals surface area contributed by atoms with E-state index in [0.717, 1.165) is 30.6 Å². The number of barbiturate groups is 1. The van der Waals surface area contributed by atoms with Gasteiger partial charge < -0.3 is 14.2 Å². The molecule has 4 amide bonds. The van der Waals surface area contributed by atoms with Crippen molar-refractivity contribution in [1.29, 1.82) is 0 Å². The van der Waals surface area contributed by atoms with E-state index >= 15 is 0 Å². The second kappa shape index (κ2) is 7.69. The van der Waals surface area contributed by atoms with Crippen LogP contribution in [-0.2, 0) is 9.59 Å². The highest BCUT2D eigenvalue weighted by molar-refractivity contribution is 6.31. The Labute approximate surface area is 157 Å². The van der Waals surface area contributed by atoms with Crippen molar-refractivity contribution in [3.63, 3.8) is 0 Å². The maximum absolute atomic E-state index is 12.9. The monoisotopic (exact) mass is 374 g/mol. The second-order valence-electron chi connectivity index (χ2n) is 6.38. The molecular formula is C19H22N2O6. The summed E-state index contributed by atoms with van der Waals surface area (Å²) >= 11 is 0. The molecule has 1 N–H and O–H groups in total. The number of hydrogen-bond acceptors (Lipinski definition) is 6. The van der Waals surface area contributed by atoms with Crippen molar-refractivity contribution in [3.8, 4) is 17.2 Å². The van der Waals surface area contributed by atoms with Gasteiger partial charge in [-0.25, -0.2) is 4.79 Å². The highest BCUT2D eigenvalue weighted by atomic mass is 16.5. The lowest BCUT2D eigenvalue weighted by molar-refractivity contribution is -0.131. The molecule has 8 heteroatoms. The summed E-state index contributed by atoms with van der Waals surface area (Å²) < 4.78 is 15.9. The summed E-state index contributed by atoms with van der Waals surface area (Å²) in [5, 5.41) is 2.26. The van der Waals surface area contributed by atoms with Crippen LogP contribution in [0.2, 0.25) is 0 Å². The molecule has 0 aromatic heterocycles. The summed E-state index contributed by atoms with van der Waals surface area (Å²) in [6.07, 6.45) is 4.79. The molecule has 1 heterocycles. The molecule has 1 aliphatic heterocycles. The predicted molar refractivity (Wildman–Crippen MR) is 96.7 cm³/mol. The summed E-state index contributed by atoms with van der Waals surface area (Å²) in [7, 11) is 4.44. The zero-order chi connectivity index (χ0) is 19.6. The first kappa shape index (κ1) is 18.8. The number of urea groups is 1. The maximum atomic E-state index is 12.9. The molecule has 2 fully saturated rings. The molecular weight excluding hydrogens is 352 g/mol. The van der Waals surface area contributed by atoms with E-state index in [-0.39, 0.29) is 11.6 Å². The number of benzene rings is 1. The van der Waals surface area contributed by atoms with Crippen LogP contribution in [0.25, 0.3) is 6.08 Å². The standard InChI is InChI=1S/C19H22N2O6/c1-25-12-8-15(26-2)13(16(9-12)27-3)10-14-17(22)20-19(24)21(18(14)23)11-6-4-5-7-11/h8-11H,4-7H2,1-3H3,(H,20,22,24)/b14-10+. The number of carbonyl (C=O) groups is 3. The molecule has 0 bridgehead atoms. The molecule has 1 aliphatic carbocycles. The molecule has 1 aromatic rings. The van der Waals surface area contributed by atoms with E-state index in [4.69, 9.17) is 14.2 Å². The van der Waals surface area contributed by atoms with Gasteiger partial charge in [-0.05, 0) is 18.9 Å². The van der Waals surface area contributed by atoms with E-state index in [2.05, 4.69) is 5.32 Å². The van der Waals surface area contributed by atoms with Crippen LogP contribution in [0, 0.1) is 0 Å². The van der Waals surface area contributed by atoms with Crippen LogP contribution in [0.5, 0.6) is 17.2 Å². The Balaban J connectivity index is 2.05. The third kappa shape index (κ3) is 3.47. The average molecular weight is 374 g/mol. The largest absolute Gasteiger partial charge is 0.496 e. The first-order chi connectivity index (χ1) is 13.0. The number of nitrogens with zero attached hydrogens (tertiary/aromatic N) is 1. The Morgan fingerprint density at radius 2 is 1.59 bits per heavy atom. The van der Waals surface area contributed by atoms with E-state index in [1.54, 1.807) is 12.1 Å². The van der Waals surface area contributed by atoms with Crippen LogP contribution >= 0.6 is 0 Å². The minimum absolute atomic E-state index is 0.136. The molecule has 1 saturated carbocycles. The van der Waals surface area contributed by atoms with Gasteiger partial charge in [0.2, 0.25) is 0 Å². The maximum Gasteiger partial charge on any atom is 0.331 e. The Bertz CT molecular complexity index is 785. The van der Waals surface area contributed by atoms with Gasteiger partial charge in [0.05, 0.1) is 26.9 Å². The van der Waals surface area contributed by atoms with E-state index in [0.29, 0.717) is 22.8 Å². The lowest BCUT2D eigenvalue weighted by Crippen LogP contribution is -2.57. The van der Waals surface area contributed by atoms with Crippen molar-refractivity contribution in [1.82, 2.24) is 10.2 Å². The van der Waals surface area contributed by atoms with Crippen LogP contribution in [0.3, 0.4) is 0 Å². The number of rotatable bonds is 5. The molecule has 2 aliphatic rings. The van der Waals surface area contributed by atoms with Gasteiger partial charge in [-0.3, -0.25) is 19.8 Å². The van der Waals surface area contributed by atoms with Gasteiger partial charge in [-0.2, -0.15) is 0 Å². The molecule has 8 nitrogen and oxygen atoms in total. The van der Waals surface area contributed by atoms with Crippen molar-refractivity contribution in [3.05, 3.63) is 23.3 Å². The summed E-state index contributed by atoms with van der Waals surface area (Å²) in [6.45, 7) is 0. The molecule has 3 rings (SSSR count). The first-order valence-corrected chi connectivity index (χ1v) is 8.70. The summed E-state index contributed by atoms with van der Waals surface area (Å²) in [4.78, 5) is 38.6. The molecule has 27 heavy (non-hydrogen) atoms. The smallest absolute Gasteiger partial charge is 0.331 e. The Morgan fingerprint density at radius 1 is 1.00 bits per heavy atom. The SMILES string of the molecule is COc1cc(OC)c(/C=C2\C(=O)NC(=O)N(C3CCCC3)C2=O)c(OC)c1. The van der Waals surface area contributed by atoms with Gasteiger partial charge in [0.25, 0.3) is 11.8 Å². The lowest BCUT2D eigenvalue weighted by Gasteiger charge is -2.31. The summed E-state index contributed by atoms with van der Waals surface area (Å²) in [5.74, 6) is -0.0741. The van der Waals surface area contributed by atoms with Crippen LogP contribution < -0.4 is 19.5 Å². The number of methoxy groups -OCH3 is 3. The zero-order valence-corrected chi connectivity index (χ0v) is 15.5. The van der Waals surface area contributed by atoms with Crippen LogP contribution in [0.4, 0.5) is 4.79 Å². The van der Waals surface area contributed by atoms with Gasteiger partial charge in [0.15, 0.2) is 0 Å². The molecule has 0 radical (unpaired) electrons. The molecule has 144 valence electrons. The summed E-state index contributed by atoms with van der Waals surface area (Å²) in [5.41, 5.74) is 0.281. The predicted octanol–water partition coefficient (Wildman–Crippen LogP) is 2.12. The Kier molecular flexibility index (Phi) is 5.34. The third-order valence-corrected chi connectivity index (χ3v) is 4.86. The van der Waals surface area contributed by atoms with Gasteiger partial charge >= 0.3 is 6.03 Å². The third-order valence-electron chi connectivity index (χ3n) is 4.86. The number of amides is 4. The Hall–Kier alpha value is -3.03. The van der Waals surface area contributed by atoms with E-state index in [9.17, 15) is 14.4 Å². The van der Waals surface area contributed by atoms with Crippen LogP contribution in [0.1, 0.15) is 31.2 Å². The fraction of sp³-hybridized carbons (Fsp3) is 0.421. The van der Waals surface area contributed by atoms with Crippen LogP contribution in [0.15, 0.2) is 17.7 Å². The van der Waals surface area contributed by atoms with Crippen molar-refractivity contribution in [2.24, 2.45) is 0 Å². The van der Waals surface area contributed by atoms with E-state index in [1.165, 1.54) is 27.4 Å². The number of nitrogens with one attached hydrogen (secondary N) is 1. The van der Waals surface area contributed by atoms with Gasteiger partial charge in [0.1, 0.15) is 22.8 Å². The van der Waals surface area contributed by atoms with E-state index in [1.807, 2.05) is 0 Å².